The van der Waals surface area contributed by atoms with Crippen LogP contribution in [0.1, 0.15) is 12.6 Å². The summed E-state index contributed by atoms with van der Waals surface area (Å²) in [6.45, 7) is 3.19. The number of rotatable bonds is 5. The van der Waals surface area contributed by atoms with E-state index >= 15 is 0 Å². The molecule has 21 heavy (non-hydrogen) atoms. The van der Waals surface area contributed by atoms with E-state index in [0.717, 1.165) is 5.69 Å². The summed E-state index contributed by atoms with van der Waals surface area (Å²) in [6.07, 6.45) is 3.15. The van der Waals surface area contributed by atoms with Gasteiger partial charge in [-0.25, -0.2) is 4.98 Å². The molecule has 1 atom stereocenters. The molecule has 0 bridgehead atoms. The molecule has 0 aliphatic rings. The van der Waals surface area contributed by atoms with Crippen LogP contribution in [0.2, 0.25) is 0 Å². The first-order chi connectivity index (χ1) is 10.1. The quantitative estimate of drug-likeness (QED) is 0.495. The minimum atomic E-state index is -0.257. The second kappa shape index (κ2) is 5.58. The summed E-state index contributed by atoms with van der Waals surface area (Å²) in [7, 11) is 0. The van der Waals surface area contributed by atoms with Crippen LogP contribution in [-0.4, -0.2) is 41.0 Å². The van der Waals surface area contributed by atoms with Gasteiger partial charge < -0.3 is 10.3 Å². The zero-order valence-electron chi connectivity index (χ0n) is 11.3. The van der Waals surface area contributed by atoms with Crippen LogP contribution in [0, 0.1) is 4.77 Å². The average Bonchev–Trinajstić information content (AvgIpc) is 3.12. The van der Waals surface area contributed by atoms with Crippen LogP contribution >= 0.6 is 12.2 Å². The third kappa shape index (κ3) is 2.76. The fraction of sp³-hybridized carbons (Fsp3) is 0.364. The van der Waals surface area contributed by atoms with Gasteiger partial charge in [-0.3, -0.25) is 14.3 Å². The molecule has 110 valence electrons. The number of nitrogens with zero attached hydrogens (tertiary/aromatic N) is 4. The Morgan fingerprint density at radius 2 is 2.38 bits per heavy atom. The second-order valence-electron chi connectivity index (χ2n) is 4.71. The molecule has 0 saturated heterocycles. The highest BCUT2D eigenvalue weighted by Crippen LogP contribution is 2.05. The summed E-state index contributed by atoms with van der Waals surface area (Å²) in [5.74, 6) is 0. The Hall–Kier alpha value is -2.33. The number of H-pyrrole nitrogens is 3. The van der Waals surface area contributed by atoms with Gasteiger partial charge in [0.05, 0.1) is 18.2 Å². The highest BCUT2D eigenvalue weighted by Gasteiger charge is 2.11. The largest absolute Gasteiger partial charge is 0.339 e. The lowest BCUT2D eigenvalue weighted by Gasteiger charge is -2.15. The Kier molecular flexibility index (Phi) is 3.62. The molecule has 0 aromatic carbocycles. The molecule has 3 rings (SSSR count). The summed E-state index contributed by atoms with van der Waals surface area (Å²) in [5, 5.41) is 13.6. The highest BCUT2D eigenvalue weighted by atomic mass is 32.1. The van der Waals surface area contributed by atoms with Crippen LogP contribution in [-0.2, 0) is 13.1 Å². The predicted octanol–water partition coefficient (Wildman–Crippen LogP) is 0.0786. The van der Waals surface area contributed by atoms with Gasteiger partial charge in [-0.1, -0.05) is 0 Å². The third-order valence-corrected chi connectivity index (χ3v) is 3.44. The van der Waals surface area contributed by atoms with E-state index in [0.29, 0.717) is 29.0 Å². The molecule has 4 N–H and O–H groups in total. The van der Waals surface area contributed by atoms with E-state index in [1.165, 1.54) is 6.33 Å². The van der Waals surface area contributed by atoms with Crippen LogP contribution in [0.3, 0.4) is 0 Å². The van der Waals surface area contributed by atoms with Crippen LogP contribution in [0.4, 0.5) is 0 Å². The zero-order valence-corrected chi connectivity index (χ0v) is 12.1. The number of hydrogen-bond acceptors (Lipinski definition) is 6. The van der Waals surface area contributed by atoms with Gasteiger partial charge in [0.25, 0.3) is 5.56 Å². The van der Waals surface area contributed by atoms with E-state index in [1.807, 2.05) is 6.92 Å². The molecule has 9 nitrogen and oxygen atoms in total. The standard InChI is InChI=1S/C11H14N8OS/c1-6(12-2-7-3-15-18-17-7)4-19-9-8(13-5-14-9)10(20)16-11(19)21/h3,5-6,12H,2,4H2,1H3,(H,13,14)(H,15,17,18)(H,16,20,21). The summed E-state index contributed by atoms with van der Waals surface area (Å²) in [4.78, 5) is 21.4. The Bertz CT molecular complexity index is 845. The lowest BCUT2D eigenvalue weighted by molar-refractivity contribution is 0.472. The lowest BCUT2D eigenvalue weighted by Crippen LogP contribution is -2.31. The number of aromatic nitrogens is 7. The number of aromatic amines is 3. The second-order valence-corrected chi connectivity index (χ2v) is 5.10. The van der Waals surface area contributed by atoms with E-state index in [4.69, 9.17) is 12.2 Å². The maximum atomic E-state index is 11.7. The van der Waals surface area contributed by atoms with E-state index in [2.05, 4.69) is 35.7 Å². The first-order valence-corrected chi connectivity index (χ1v) is 6.80. The first-order valence-electron chi connectivity index (χ1n) is 6.39. The summed E-state index contributed by atoms with van der Waals surface area (Å²) >= 11 is 5.21. The SMILES string of the molecule is CC(Cn1c(=S)[nH]c(=O)c2[nH]cnc21)NCc1cn[nH]n1. The van der Waals surface area contributed by atoms with Crippen LogP contribution in [0.15, 0.2) is 17.3 Å². The third-order valence-electron chi connectivity index (χ3n) is 3.12. The number of hydrogen-bond donors (Lipinski definition) is 4. The average molecular weight is 306 g/mol. The first kappa shape index (κ1) is 13.6. The van der Waals surface area contributed by atoms with Crippen molar-refractivity contribution >= 4 is 23.4 Å². The molecule has 3 aromatic heterocycles. The van der Waals surface area contributed by atoms with Crippen molar-refractivity contribution < 1.29 is 0 Å². The number of nitrogens with one attached hydrogen (secondary N) is 4. The van der Waals surface area contributed by atoms with Gasteiger partial charge in [-0.05, 0) is 19.1 Å². The van der Waals surface area contributed by atoms with Crippen molar-refractivity contribution in [3.05, 3.63) is 33.3 Å². The lowest BCUT2D eigenvalue weighted by atomic mass is 10.3. The monoisotopic (exact) mass is 306 g/mol. The molecule has 0 radical (unpaired) electrons. The molecule has 0 aliphatic heterocycles. The predicted molar refractivity (Wildman–Crippen MR) is 78.2 cm³/mol. The van der Waals surface area contributed by atoms with Crippen LogP contribution in [0.5, 0.6) is 0 Å². The van der Waals surface area contributed by atoms with E-state index in [-0.39, 0.29) is 11.6 Å². The van der Waals surface area contributed by atoms with Crippen molar-refractivity contribution in [1.82, 2.24) is 40.2 Å². The molecule has 10 heteroatoms. The number of imidazole rings is 1. The minimum Gasteiger partial charge on any atom is -0.339 e. The van der Waals surface area contributed by atoms with Crippen molar-refractivity contribution in [2.45, 2.75) is 26.1 Å². The Balaban J connectivity index is 1.79. The van der Waals surface area contributed by atoms with Gasteiger partial charge >= 0.3 is 0 Å². The molecule has 0 saturated carbocycles. The van der Waals surface area contributed by atoms with Crippen molar-refractivity contribution in [1.29, 1.82) is 0 Å². The van der Waals surface area contributed by atoms with Crippen LogP contribution in [0.25, 0.3) is 11.2 Å². The molecule has 0 aliphatic carbocycles. The van der Waals surface area contributed by atoms with Crippen molar-refractivity contribution in [2.24, 2.45) is 0 Å². The van der Waals surface area contributed by atoms with Gasteiger partial charge in [0, 0.05) is 19.1 Å². The van der Waals surface area contributed by atoms with Crippen molar-refractivity contribution in [3.8, 4) is 0 Å². The fourth-order valence-corrected chi connectivity index (χ4v) is 2.33. The maximum Gasteiger partial charge on any atom is 0.277 e. The van der Waals surface area contributed by atoms with E-state index in [1.54, 1.807) is 10.8 Å². The summed E-state index contributed by atoms with van der Waals surface area (Å²) in [6, 6.07) is 0.110. The fourth-order valence-electron chi connectivity index (χ4n) is 2.08. The van der Waals surface area contributed by atoms with Crippen LogP contribution < -0.4 is 10.9 Å². The zero-order chi connectivity index (χ0) is 14.8. The van der Waals surface area contributed by atoms with E-state index in [9.17, 15) is 4.79 Å². The highest BCUT2D eigenvalue weighted by molar-refractivity contribution is 7.71. The molecule has 0 spiro atoms. The molecule has 3 heterocycles. The summed E-state index contributed by atoms with van der Waals surface area (Å²) in [5.41, 5.74) is 1.55. The summed E-state index contributed by atoms with van der Waals surface area (Å²) < 4.78 is 2.15. The van der Waals surface area contributed by atoms with Gasteiger partial charge in [0.2, 0.25) is 0 Å². The minimum absolute atomic E-state index is 0.110. The van der Waals surface area contributed by atoms with Gasteiger partial charge in [-0.2, -0.15) is 15.4 Å². The maximum absolute atomic E-state index is 11.7. The molecule has 0 amide bonds. The molecular formula is C11H14N8OS. The van der Waals surface area contributed by atoms with Crippen molar-refractivity contribution in [2.75, 3.05) is 0 Å². The van der Waals surface area contributed by atoms with Crippen molar-refractivity contribution in [3.63, 3.8) is 0 Å². The molecule has 3 aromatic rings. The Morgan fingerprint density at radius 1 is 1.52 bits per heavy atom. The topological polar surface area (TPSA) is 120 Å². The molecule has 0 fully saturated rings. The molecule has 1 unspecified atom stereocenters. The molecular weight excluding hydrogens is 292 g/mol. The van der Waals surface area contributed by atoms with Gasteiger partial charge in [0.1, 0.15) is 5.52 Å². The van der Waals surface area contributed by atoms with Gasteiger partial charge in [0.15, 0.2) is 10.4 Å². The normalized spacial score (nSPS) is 12.8. The number of fused-ring (bicyclic) bond motifs is 1. The Labute approximate surface area is 123 Å². The smallest absolute Gasteiger partial charge is 0.277 e. The van der Waals surface area contributed by atoms with E-state index < -0.39 is 0 Å². The van der Waals surface area contributed by atoms with Gasteiger partial charge in [-0.15, -0.1) is 0 Å². The Morgan fingerprint density at radius 3 is 3.14 bits per heavy atom.